The molecule has 2 aromatic carbocycles. The Balaban J connectivity index is 1.27. The van der Waals surface area contributed by atoms with Crippen molar-refractivity contribution in [3.8, 4) is 11.3 Å². The molecule has 0 spiro atoms. The number of thiazole rings is 1. The summed E-state index contributed by atoms with van der Waals surface area (Å²) >= 11 is 1.43. The number of hydrogen-bond donors (Lipinski definition) is 1. The van der Waals surface area contributed by atoms with E-state index in [1.54, 1.807) is 12.1 Å². The molecule has 0 aliphatic carbocycles. The number of nitrogens with one attached hydrogen (secondary N) is 1. The summed E-state index contributed by atoms with van der Waals surface area (Å²) in [7, 11) is 0. The van der Waals surface area contributed by atoms with Crippen LogP contribution in [0.3, 0.4) is 0 Å². The number of carbonyl (C=O) groups is 1. The van der Waals surface area contributed by atoms with Crippen LogP contribution in [-0.2, 0) is 9.53 Å². The number of ether oxygens (including phenoxy) is 1. The van der Waals surface area contributed by atoms with Crippen molar-refractivity contribution in [2.75, 3.05) is 48.0 Å². The Bertz CT molecular complexity index is 1320. The minimum absolute atomic E-state index is 0.141. The summed E-state index contributed by atoms with van der Waals surface area (Å²) in [5, 5.41) is 4.48. The van der Waals surface area contributed by atoms with Crippen molar-refractivity contribution in [2.45, 2.75) is 18.9 Å². The zero-order valence-corrected chi connectivity index (χ0v) is 19.8. The van der Waals surface area contributed by atoms with Crippen molar-refractivity contribution in [3.05, 3.63) is 54.3 Å². The molecule has 4 aromatic rings. The molecule has 6 rings (SSSR count). The molecule has 1 amide bonds. The lowest BCUT2D eigenvalue weighted by Crippen LogP contribution is -2.39. The Morgan fingerprint density at radius 2 is 1.86 bits per heavy atom. The number of fused-ring (bicyclic) bond motifs is 1. The molecule has 2 aromatic heterocycles. The molecule has 2 saturated heterocycles. The second-order valence-corrected chi connectivity index (χ2v) is 9.56. The predicted molar refractivity (Wildman–Crippen MR) is 134 cm³/mol. The lowest BCUT2D eigenvalue weighted by atomic mass is 10.1. The van der Waals surface area contributed by atoms with Gasteiger partial charge in [0.1, 0.15) is 28.1 Å². The van der Waals surface area contributed by atoms with Crippen LogP contribution in [0.1, 0.15) is 12.8 Å². The average Bonchev–Trinajstić information content (AvgIpc) is 3.63. The van der Waals surface area contributed by atoms with Crippen LogP contribution in [0.5, 0.6) is 0 Å². The molecule has 2 fully saturated rings. The van der Waals surface area contributed by atoms with Crippen molar-refractivity contribution in [3.63, 3.8) is 0 Å². The van der Waals surface area contributed by atoms with Gasteiger partial charge in [0, 0.05) is 25.2 Å². The first kappa shape index (κ1) is 22.0. The van der Waals surface area contributed by atoms with E-state index in [9.17, 15) is 9.18 Å². The van der Waals surface area contributed by atoms with Crippen LogP contribution >= 0.6 is 11.3 Å². The summed E-state index contributed by atoms with van der Waals surface area (Å²) in [6, 6.07) is 13.9. The van der Waals surface area contributed by atoms with E-state index < -0.39 is 6.04 Å². The number of nitrogens with zero attached hydrogens (tertiary/aromatic N) is 4. The topological polar surface area (TPSA) is 83.7 Å². The highest BCUT2D eigenvalue weighted by Gasteiger charge is 2.34. The Morgan fingerprint density at radius 1 is 1.06 bits per heavy atom. The van der Waals surface area contributed by atoms with Gasteiger partial charge in [-0.2, -0.15) is 4.98 Å². The van der Waals surface area contributed by atoms with E-state index in [0.717, 1.165) is 41.3 Å². The minimum Gasteiger partial charge on any atom is -0.423 e. The summed E-state index contributed by atoms with van der Waals surface area (Å²) < 4.78 is 25.0. The maximum Gasteiger partial charge on any atom is 0.299 e. The molecular formula is C25H24FN5O3S. The largest absolute Gasteiger partial charge is 0.423 e. The van der Waals surface area contributed by atoms with Crippen molar-refractivity contribution < 1.29 is 18.3 Å². The SMILES string of the molecule is O=C(Nc1nc(-c2ccc(F)cc2)c(N2CCOCC2)s1)[C@@H]1CCCN1c1nc2ccccc2o1. The van der Waals surface area contributed by atoms with E-state index in [1.165, 1.54) is 23.5 Å². The summed E-state index contributed by atoms with van der Waals surface area (Å²) in [6.45, 7) is 3.42. The van der Waals surface area contributed by atoms with Gasteiger partial charge in [-0.3, -0.25) is 4.79 Å². The molecule has 2 aliphatic rings. The summed E-state index contributed by atoms with van der Waals surface area (Å²) in [5.74, 6) is -0.441. The van der Waals surface area contributed by atoms with Gasteiger partial charge in [0.05, 0.1) is 13.2 Å². The number of para-hydroxylation sites is 2. The second kappa shape index (κ2) is 9.27. The third-order valence-electron chi connectivity index (χ3n) is 6.34. The van der Waals surface area contributed by atoms with Crippen LogP contribution in [0.4, 0.5) is 20.5 Å². The number of amides is 1. The molecule has 180 valence electrons. The van der Waals surface area contributed by atoms with Gasteiger partial charge >= 0.3 is 0 Å². The number of morpholine rings is 1. The fraction of sp³-hybridized carbons (Fsp3) is 0.320. The Morgan fingerprint density at radius 3 is 2.66 bits per heavy atom. The highest BCUT2D eigenvalue weighted by atomic mass is 32.1. The first-order chi connectivity index (χ1) is 17.2. The smallest absolute Gasteiger partial charge is 0.299 e. The van der Waals surface area contributed by atoms with Crippen molar-refractivity contribution in [1.29, 1.82) is 0 Å². The van der Waals surface area contributed by atoms with Gasteiger partial charge in [-0.05, 0) is 49.2 Å². The molecule has 0 saturated carbocycles. The van der Waals surface area contributed by atoms with E-state index in [-0.39, 0.29) is 11.7 Å². The number of anilines is 3. The lowest BCUT2D eigenvalue weighted by molar-refractivity contribution is -0.117. The predicted octanol–water partition coefficient (Wildman–Crippen LogP) is 4.53. The molecule has 1 N–H and O–H groups in total. The summed E-state index contributed by atoms with van der Waals surface area (Å²) in [4.78, 5) is 26.8. The molecule has 4 heterocycles. The van der Waals surface area contributed by atoms with Gasteiger partial charge in [-0.15, -0.1) is 0 Å². The molecule has 2 aliphatic heterocycles. The molecular weight excluding hydrogens is 469 g/mol. The zero-order chi connectivity index (χ0) is 23.8. The number of benzene rings is 2. The number of oxazole rings is 1. The van der Waals surface area contributed by atoms with Crippen LogP contribution < -0.4 is 15.1 Å². The van der Waals surface area contributed by atoms with Crippen LogP contribution in [0, 0.1) is 5.82 Å². The van der Waals surface area contributed by atoms with Crippen molar-refractivity contribution in [1.82, 2.24) is 9.97 Å². The monoisotopic (exact) mass is 493 g/mol. The normalized spacial score (nSPS) is 18.4. The molecule has 8 nitrogen and oxygen atoms in total. The minimum atomic E-state index is -0.395. The highest BCUT2D eigenvalue weighted by Crippen LogP contribution is 2.39. The van der Waals surface area contributed by atoms with E-state index >= 15 is 0 Å². The summed E-state index contributed by atoms with van der Waals surface area (Å²) in [6.07, 6.45) is 1.58. The van der Waals surface area contributed by atoms with Gasteiger partial charge in [-0.1, -0.05) is 23.5 Å². The van der Waals surface area contributed by atoms with Crippen molar-refractivity contribution >= 4 is 44.5 Å². The Hall–Kier alpha value is -3.50. The van der Waals surface area contributed by atoms with E-state index in [2.05, 4.69) is 15.2 Å². The van der Waals surface area contributed by atoms with Crippen molar-refractivity contribution in [2.24, 2.45) is 0 Å². The molecule has 35 heavy (non-hydrogen) atoms. The van der Waals surface area contributed by atoms with Crippen LogP contribution in [0.25, 0.3) is 22.4 Å². The van der Waals surface area contributed by atoms with Crippen LogP contribution in [-0.4, -0.2) is 54.8 Å². The third-order valence-corrected chi connectivity index (χ3v) is 7.37. The van der Waals surface area contributed by atoms with Gasteiger partial charge in [0.15, 0.2) is 10.7 Å². The quantitative estimate of drug-likeness (QED) is 0.437. The fourth-order valence-electron chi connectivity index (χ4n) is 4.58. The number of carbonyl (C=O) groups excluding carboxylic acids is 1. The number of aromatic nitrogens is 2. The molecule has 0 bridgehead atoms. The maximum absolute atomic E-state index is 13.5. The average molecular weight is 494 g/mol. The number of halogens is 1. The van der Waals surface area contributed by atoms with E-state index in [4.69, 9.17) is 14.1 Å². The molecule has 0 radical (unpaired) electrons. The van der Waals surface area contributed by atoms with Gasteiger partial charge in [0.2, 0.25) is 5.91 Å². The Labute approximate surface area is 205 Å². The standard InChI is InChI=1S/C25H24FN5O3S/c26-17-9-7-16(8-10-17)21-23(30-12-14-33-15-13-30)35-24(28-21)29-22(32)19-5-3-11-31(19)25-27-18-4-1-2-6-20(18)34-25/h1-2,4,6-10,19H,3,5,11-15H2,(H,28,29,32)/t19-/m0/s1. The Kier molecular flexibility index (Phi) is 5.83. The second-order valence-electron chi connectivity index (χ2n) is 8.58. The van der Waals surface area contributed by atoms with Crippen LogP contribution in [0.2, 0.25) is 0 Å². The van der Waals surface area contributed by atoms with Gasteiger partial charge in [-0.25, -0.2) is 9.37 Å². The molecule has 1 atom stereocenters. The van der Waals surface area contributed by atoms with Gasteiger partial charge in [0.25, 0.3) is 6.01 Å². The van der Waals surface area contributed by atoms with Crippen LogP contribution in [0.15, 0.2) is 52.9 Å². The van der Waals surface area contributed by atoms with E-state index in [1.807, 2.05) is 29.2 Å². The zero-order valence-electron chi connectivity index (χ0n) is 18.9. The maximum atomic E-state index is 13.5. The first-order valence-corrected chi connectivity index (χ1v) is 12.5. The molecule has 10 heteroatoms. The lowest BCUT2D eigenvalue weighted by Gasteiger charge is -2.28. The van der Waals surface area contributed by atoms with E-state index in [0.29, 0.717) is 42.9 Å². The van der Waals surface area contributed by atoms with Gasteiger partial charge < -0.3 is 24.3 Å². The number of hydrogen-bond acceptors (Lipinski definition) is 8. The third kappa shape index (κ3) is 4.35. The first-order valence-electron chi connectivity index (χ1n) is 11.7. The fourth-order valence-corrected chi connectivity index (χ4v) is 5.63. The highest BCUT2D eigenvalue weighted by molar-refractivity contribution is 7.20. The summed E-state index contributed by atoms with van der Waals surface area (Å²) in [5.41, 5.74) is 3.01. The molecule has 0 unspecified atom stereocenters. The number of rotatable bonds is 5.